The minimum Gasteiger partial charge on any atom is -0.387 e. The average Bonchev–Trinajstić information content (AvgIpc) is 2.98. The van der Waals surface area contributed by atoms with Gasteiger partial charge in [0, 0.05) is 25.0 Å². The van der Waals surface area contributed by atoms with Gasteiger partial charge in [-0.05, 0) is 31.6 Å². The topological polar surface area (TPSA) is 53.1 Å². The van der Waals surface area contributed by atoms with Crippen LogP contribution in [0.15, 0.2) is 0 Å². The van der Waals surface area contributed by atoms with Gasteiger partial charge >= 0.3 is 0 Å². The molecule has 0 radical (unpaired) electrons. The van der Waals surface area contributed by atoms with Crippen LogP contribution in [0.3, 0.4) is 0 Å². The molecule has 2 fully saturated rings. The van der Waals surface area contributed by atoms with Gasteiger partial charge in [-0.1, -0.05) is 6.92 Å². The summed E-state index contributed by atoms with van der Waals surface area (Å²) in [4.78, 5) is 2.56. The summed E-state index contributed by atoms with van der Waals surface area (Å²) in [6.07, 6.45) is 5.55. The Bertz CT molecular complexity index is 219. The number of amidine groups is 1. The van der Waals surface area contributed by atoms with Crippen molar-refractivity contribution in [2.24, 2.45) is 17.6 Å². The fourth-order valence-corrected chi connectivity index (χ4v) is 1.89. The molecule has 3 heteroatoms. The second-order valence-electron chi connectivity index (χ2n) is 4.98. The third kappa shape index (κ3) is 2.71. The highest BCUT2D eigenvalue weighted by Gasteiger charge is 2.34. The van der Waals surface area contributed by atoms with Gasteiger partial charge in [0.15, 0.2) is 0 Å². The average molecular weight is 195 g/mol. The van der Waals surface area contributed by atoms with Gasteiger partial charge in [0.25, 0.3) is 0 Å². The first-order valence-corrected chi connectivity index (χ1v) is 5.74. The molecule has 0 aromatic heterocycles. The minimum atomic E-state index is 0.231. The van der Waals surface area contributed by atoms with E-state index in [1.54, 1.807) is 0 Å². The van der Waals surface area contributed by atoms with Crippen LogP contribution >= 0.6 is 0 Å². The molecule has 3 nitrogen and oxygen atoms in total. The van der Waals surface area contributed by atoms with E-state index in [0.717, 1.165) is 18.5 Å². The molecular weight excluding hydrogens is 174 g/mol. The first kappa shape index (κ1) is 9.97. The Balaban J connectivity index is 1.79. The van der Waals surface area contributed by atoms with Crippen LogP contribution in [0.5, 0.6) is 0 Å². The predicted molar refractivity (Wildman–Crippen MR) is 58.4 cm³/mol. The van der Waals surface area contributed by atoms with Crippen molar-refractivity contribution in [3.8, 4) is 0 Å². The van der Waals surface area contributed by atoms with E-state index in [4.69, 9.17) is 11.1 Å². The molecule has 1 atom stereocenters. The standard InChI is InChI=1S/C11H21N3/c1-8(11(12)13)6-14(10-4-5-10)7-9-2-3-9/h8-10H,2-7H2,1H3,(H3,12,13). The molecule has 0 amide bonds. The molecule has 0 saturated heterocycles. The highest BCUT2D eigenvalue weighted by Crippen LogP contribution is 2.35. The quantitative estimate of drug-likeness (QED) is 0.497. The van der Waals surface area contributed by atoms with Gasteiger partial charge in [0.1, 0.15) is 0 Å². The summed E-state index contributed by atoms with van der Waals surface area (Å²) in [5.41, 5.74) is 5.51. The SMILES string of the molecule is CC(CN(CC1CC1)C1CC1)C(=N)N. The maximum Gasteiger partial charge on any atom is 0.0947 e. The smallest absolute Gasteiger partial charge is 0.0947 e. The lowest BCUT2D eigenvalue weighted by Crippen LogP contribution is -2.37. The van der Waals surface area contributed by atoms with Gasteiger partial charge in [0.05, 0.1) is 5.84 Å². The van der Waals surface area contributed by atoms with Crippen LogP contribution in [0.1, 0.15) is 32.6 Å². The Hall–Kier alpha value is -0.570. The first-order valence-electron chi connectivity index (χ1n) is 5.74. The van der Waals surface area contributed by atoms with E-state index < -0.39 is 0 Å². The van der Waals surface area contributed by atoms with E-state index in [2.05, 4.69) is 11.8 Å². The van der Waals surface area contributed by atoms with E-state index in [1.807, 2.05) is 0 Å². The molecule has 2 aliphatic rings. The minimum absolute atomic E-state index is 0.231. The summed E-state index contributed by atoms with van der Waals surface area (Å²) in [7, 11) is 0. The number of rotatable bonds is 6. The van der Waals surface area contributed by atoms with Crippen molar-refractivity contribution >= 4 is 5.84 Å². The summed E-state index contributed by atoms with van der Waals surface area (Å²) in [6, 6.07) is 0.817. The van der Waals surface area contributed by atoms with Crippen molar-refractivity contribution < 1.29 is 0 Å². The molecule has 0 bridgehead atoms. The number of nitrogens with zero attached hydrogens (tertiary/aromatic N) is 1. The van der Waals surface area contributed by atoms with Crippen LogP contribution in [-0.4, -0.2) is 29.9 Å². The second-order valence-corrected chi connectivity index (χ2v) is 4.98. The van der Waals surface area contributed by atoms with Gasteiger partial charge in [-0.25, -0.2) is 0 Å². The Morgan fingerprint density at radius 1 is 1.43 bits per heavy atom. The van der Waals surface area contributed by atoms with E-state index in [0.29, 0.717) is 5.84 Å². The lowest BCUT2D eigenvalue weighted by atomic mass is 10.1. The molecule has 80 valence electrons. The highest BCUT2D eigenvalue weighted by molar-refractivity contribution is 5.79. The number of hydrogen-bond acceptors (Lipinski definition) is 2. The van der Waals surface area contributed by atoms with Crippen LogP contribution in [0, 0.1) is 17.2 Å². The Kier molecular flexibility index (Phi) is 2.77. The van der Waals surface area contributed by atoms with Crippen LogP contribution in [-0.2, 0) is 0 Å². The fourth-order valence-electron chi connectivity index (χ4n) is 1.89. The summed E-state index contributed by atoms with van der Waals surface area (Å²) in [5.74, 6) is 1.52. The van der Waals surface area contributed by atoms with Crippen molar-refractivity contribution in [2.45, 2.75) is 38.6 Å². The molecule has 0 aromatic rings. The maximum absolute atomic E-state index is 7.40. The van der Waals surface area contributed by atoms with Crippen LogP contribution in [0.4, 0.5) is 0 Å². The molecule has 0 spiro atoms. The zero-order valence-electron chi connectivity index (χ0n) is 9.00. The normalized spacial score (nSPS) is 23.9. The third-order valence-corrected chi connectivity index (χ3v) is 3.29. The van der Waals surface area contributed by atoms with Gasteiger partial charge < -0.3 is 5.73 Å². The van der Waals surface area contributed by atoms with E-state index in [-0.39, 0.29) is 5.92 Å². The summed E-state index contributed by atoms with van der Waals surface area (Å²) >= 11 is 0. The van der Waals surface area contributed by atoms with E-state index in [1.165, 1.54) is 32.2 Å². The molecule has 1 unspecified atom stereocenters. The van der Waals surface area contributed by atoms with Crippen molar-refractivity contribution in [3.63, 3.8) is 0 Å². The predicted octanol–water partition coefficient (Wildman–Crippen LogP) is 1.43. The molecule has 0 aromatic carbocycles. The molecule has 2 aliphatic carbocycles. The van der Waals surface area contributed by atoms with Crippen LogP contribution < -0.4 is 5.73 Å². The van der Waals surface area contributed by atoms with Crippen molar-refractivity contribution in [3.05, 3.63) is 0 Å². The molecule has 14 heavy (non-hydrogen) atoms. The summed E-state index contributed by atoms with van der Waals surface area (Å²) in [5, 5.41) is 7.40. The van der Waals surface area contributed by atoms with Crippen LogP contribution in [0.25, 0.3) is 0 Å². The molecular formula is C11H21N3. The molecule has 0 aliphatic heterocycles. The van der Waals surface area contributed by atoms with Crippen LogP contribution in [0.2, 0.25) is 0 Å². The van der Waals surface area contributed by atoms with Gasteiger partial charge in [0.2, 0.25) is 0 Å². The van der Waals surface area contributed by atoms with Gasteiger partial charge in [-0.15, -0.1) is 0 Å². The zero-order chi connectivity index (χ0) is 10.1. The Morgan fingerprint density at radius 2 is 2.07 bits per heavy atom. The van der Waals surface area contributed by atoms with Crippen molar-refractivity contribution in [1.82, 2.24) is 4.90 Å². The summed E-state index contributed by atoms with van der Waals surface area (Å²) < 4.78 is 0. The lowest BCUT2D eigenvalue weighted by molar-refractivity contribution is 0.238. The molecule has 2 rings (SSSR count). The van der Waals surface area contributed by atoms with Gasteiger partial charge in [-0.2, -0.15) is 0 Å². The van der Waals surface area contributed by atoms with Crippen molar-refractivity contribution in [2.75, 3.05) is 13.1 Å². The maximum atomic E-state index is 7.40. The number of nitrogens with two attached hydrogens (primary N) is 1. The van der Waals surface area contributed by atoms with E-state index in [9.17, 15) is 0 Å². The number of hydrogen-bond donors (Lipinski definition) is 2. The number of nitrogens with one attached hydrogen (secondary N) is 1. The lowest BCUT2D eigenvalue weighted by Gasteiger charge is -2.24. The molecule has 2 saturated carbocycles. The largest absolute Gasteiger partial charge is 0.387 e. The third-order valence-electron chi connectivity index (χ3n) is 3.29. The zero-order valence-corrected chi connectivity index (χ0v) is 9.00. The Morgan fingerprint density at radius 3 is 2.50 bits per heavy atom. The Labute approximate surface area is 86.2 Å². The highest BCUT2D eigenvalue weighted by atomic mass is 15.2. The molecule has 3 N–H and O–H groups in total. The van der Waals surface area contributed by atoms with Crippen molar-refractivity contribution in [1.29, 1.82) is 5.41 Å². The van der Waals surface area contributed by atoms with Gasteiger partial charge in [-0.3, -0.25) is 10.3 Å². The monoisotopic (exact) mass is 195 g/mol. The fraction of sp³-hybridized carbons (Fsp3) is 0.909. The molecule has 0 heterocycles. The second kappa shape index (κ2) is 3.89. The van der Waals surface area contributed by atoms with E-state index >= 15 is 0 Å². The first-order chi connectivity index (χ1) is 6.66. The summed E-state index contributed by atoms with van der Waals surface area (Å²) in [6.45, 7) is 4.31.